The van der Waals surface area contributed by atoms with Crippen molar-refractivity contribution in [3.8, 4) is 6.07 Å². The fourth-order valence-electron chi connectivity index (χ4n) is 3.25. The number of hydrogen-bond donors (Lipinski definition) is 1. The van der Waals surface area contributed by atoms with E-state index in [0.29, 0.717) is 18.0 Å². The van der Waals surface area contributed by atoms with Crippen molar-refractivity contribution in [2.45, 2.75) is 63.6 Å². The van der Waals surface area contributed by atoms with Gasteiger partial charge in [-0.15, -0.1) is 0 Å². The van der Waals surface area contributed by atoms with Gasteiger partial charge in [-0.3, -0.25) is 4.90 Å². The van der Waals surface area contributed by atoms with Crippen LogP contribution in [-0.4, -0.2) is 36.1 Å². The second-order valence-corrected chi connectivity index (χ2v) is 5.91. The molecule has 1 N–H and O–H groups in total. The van der Waals surface area contributed by atoms with Gasteiger partial charge in [-0.05, 0) is 52.5 Å². The minimum atomic E-state index is -0.306. The Labute approximate surface area is 105 Å². The molecule has 0 spiro atoms. The number of nitrogens with one attached hydrogen (secondary N) is 1. The molecule has 3 unspecified atom stereocenters. The van der Waals surface area contributed by atoms with Crippen molar-refractivity contribution in [1.29, 1.82) is 5.26 Å². The second-order valence-electron chi connectivity index (χ2n) is 5.91. The van der Waals surface area contributed by atoms with E-state index in [4.69, 9.17) is 0 Å². The smallest absolute Gasteiger partial charge is 0.122 e. The lowest BCUT2D eigenvalue weighted by Crippen LogP contribution is -2.57. The molecule has 2 rings (SSSR count). The molecule has 1 saturated heterocycles. The number of likely N-dealkylation sites (N-methyl/N-ethyl adjacent to an activating group) is 1. The topological polar surface area (TPSA) is 39.1 Å². The highest BCUT2D eigenvalue weighted by molar-refractivity contribution is 5.16. The van der Waals surface area contributed by atoms with E-state index in [1.165, 1.54) is 32.1 Å². The lowest BCUT2D eigenvalue weighted by molar-refractivity contribution is 0.0746. The second kappa shape index (κ2) is 4.96. The van der Waals surface area contributed by atoms with Gasteiger partial charge in [0.25, 0.3) is 0 Å². The standard InChI is InChI=1S/C14H25N3/c1-11-5-4-6-12(2)17(11)10-14(9-15,16-3)13-7-8-13/h11-13,16H,4-8,10H2,1-3H3. The maximum Gasteiger partial charge on any atom is 0.122 e. The van der Waals surface area contributed by atoms with Gasteiger partial charge in [-0.2, -0.15) is 5.26 Å². The maximum absolute atomic E-state index is 9.55. The third-order valence-electron chi connectivity index (χ3n) is 4.73. The number of nitriles is 1. The molecular formula is C14H25N3. The van der Waals surface area contributed by atoms with Gasteiger partial charge in [-0.1, -0.05) is 6.42 Å². The number of nitrogens with zero attached hydrogens (tertiary/aromatic N) is 2. The Kier molecular flexibility index (Phi) is 3.75. The van der Waals surface area contributed by atoms with Crippen molar-refractivity contribution in [2.24, 2.45) is 5.92 Å². The van der Waals surface area contributed by atoms with Crippen LogP contribution in [0.5, 0.6) is 0 Å². The molecule has 96 valence electrons. The summed E-state index contributed by atoms with van der Waals surface area (Å²) in [6, 6.07) is 3.81. The van der Waals surface area contributed by atoms with Crippen molar-refractivity contribution in [3.05, 3.63) is 0 Å². The molecule has 3 nitrogen and oxygen atoms in total. The van der Waals surface area contributed by atoms with E-state index in [1.54, 1.807) is 0 Å². The van der Waals surface area contributed by atoms with Crippen molar-refractivity contribution < 1.29 is 0 Å². The van der Waals surface area contributed by atoms with E-state index in [1.807, 2.05) is 7.05 Å². The Morgan fingerprint density at radius 3 is 2.24 bits per heavy atom. The van der Waals surface area contributed by atoms with E-state index in [2.05, 4.69) is 30.1 Å². The molecule has 1 heterocycles. The van der Waals surface area contributed by atoms with Crippen LogP contribution in [0.1, 0.15) is 46.0 Å². The lowest BCUT2D eigenvalue weighted by Gasteiger charge is -2.43. The average Bonchev–Trinajstić information content (AvgIpc) is 3.14. The third kappa shape index (κ3) is 2.48. The summed E-state index contributed by atoms with van der Waals surface area (Å²) in [6.07, 6.45) is 6.32. The number of piperidine rings is 1. The van der Waals surface area contributed by atoms with Crippen LogP contribution >= 0.6 is 0 Å². The Morgan fingerprint density at radius 1 is 1.24 bits per heavy atom. The predicted octanol–water partition coefficient (Wildman–Crippen LogP) is 2.14. The first-order valence-corrected chi connectivity index (χ1v) is 6.99. The third-order valence-corrected chi connectivity index (χ3v) is 4.73. The summed E-state index contributed by atoms with van der Waals surface area (Å²) in [5.74, 6) is 0.568. The van der Waals surface area contributed by atoms with Crippen molar-refractivity contribution in [1.82, 2.24) is 10.2 Å². The van der Waals surface area contributed by atoms with Crippen LogP contribution < -0.4 is 5.32 Å². The first kappa shape index (κ1) is 12.9. The van der Waals surface area contributed by atoms with Gasteiger partial charge >= 0.3 is 0 Å². The zero-order valence-electron chi connectivity index (χ0n) is 11.4. The van der Waals surface area contributed by atoms with Crippen molar-refractivity contribution in [2.75, 3.05) is 13.6 Å². The van der Waals surface area contributed by atoms with E-state index < -0.39 is 0 Å². The van der Waals surface area contributed by atoms with E-state index >= 15 is 0 Å². The van der Waals surface area contributed by atoms with Crippen LogP contribution in [0, 0.1) is 17.2 Å². The van der Waals surface area contributed by atoms with Gasteiger partial charge < -0.3 is 5.32 Å². The van der Waals surface area contributed by atoms with Crippen LogP contribution in [0.25, 0.3) is 0 Å². The SMILES string of the molecule is CNC(C#N)(CN1C(C)CCCC1C)C1CC1. The van der Waals surface area contributed by atoms with Crippen molar-refractivity contribution >= 4 is 0 Å². The molecule has 0 radical (unpaired) electrons. The van der Waals surface area contributed by atoms with E-state index in [0.717, 1.165) is 6.54 Å². The van der Waals surface area contributed by atoms with Gasteiger partial charge in [0.15, 0.2) is 0 Å². The maximum atomic E-state index is 9.55. The molecule has 1 aliphatic carbocycles. The fourth-order valence-corrected chi connectivity index (χ4v) is 3.25. The zero-order chi connectivity index (χ0) is 12.5. The molecule has 1 aliphatic heterocycles. The number of likely N-dealkylation sites (tertiary alicyclic amines) is 1. The fraction of sp³-hybridized carbons (Fsp3) is 0.929. The molecule has 17 heavy (non-hydrogen) atoms. The molecule has 2 fully saturated rings. The number of hydrogen-bond acceptors (Lipinski definition) is 3. The monoisotopic (exact) mass is 235 g/mol. The van der Waals surface area contributed by atoms with Crippen molar-refractivity contribution in [3.63, 3.8) is 0 Å². The normalized spacial score (nSPS) is 34.0. The van der Waals surface area contributed by atoms with Crippen LogP contribution in [0.4, 0.5) is 0 Å². The molecule has 1 saturated carbocycles. The first-order valence-electron chi connectivity index (χ1n) is 6.99. The van der Waals surface area contributed by atoms with Crippen LogP contribution in [-0.2, 0) is 0 Å². The average molecular weight is 235 g/mol. The first-order chi connectivity index (χ1) is 8.13. The summed E-state index contributed by atoms with van der Waals surface area (Å²) in [5.41, 5.74) is -0.306. The Hall–Kier alpha value is -0.590. The van der Waals surface area contributed by atoms with Gasteiger partial charge in [0.1, 0.15) is 5.54 Å². The summed E-state index contributed by atoms with van der Waals surface area (Å²) < 4.78 is 0. The van der Waals surface area contributed by atoms with Crippen LogP contribution in [0.2, 0.25) is 0 Å². The Balaban J connectivity index is 2.09. The summed E-state index contributed by atoms with van der Waals surface area (Å²) in [6.45, 7) is 5.51. The summed E-state index contributed by atoms with van der Waals surface area (Å²) in [7, 11) is 1.95. The molecule has 0 bridgehead atoms. The van der Waals surface area contributed by atoms with E-state index in [-0.39, 0.29) is 5.54 Å². The molecule has 0 amide bonds. The quantitative estimate of drug-likeness (QED) is 0.811. The highest BCUT2D eigenvalue weighted by Gasteiger charge is 2.47. The molecule has 3 heteroatoms. The van der Waals surface area contributed by atoms with Gasteiger partial charge in [0.05, 0.1) is 6.07 Å². The molecule has 0 aromatic rings. The molecular weight excluding hydrogens is 210 g/mol. The highest BCUT2D eigenvalue weighted by Crippen LogP contribution is 2.40. The van der Waals surface area contributed by atoms with E-state index in [9.17, 15) is 5.26 Å². The molecule has 2 aliphatic rings. The summed E-state index contributed by atoms with van der Waals surface area (Å²) in [4.78, 5) is 2.54. The van der Waals surface area contributed by atoms with Gasteiger partial charge in [0.2, 0.25) is 0 Å². The highest BCUT2D eigenvalue weighted by atomic mass is 15.2. The molecule has 3 atom stereocenters. The predicted molar refractivity (Wildman–Crippen MR) is 69.6 cm³/mol. The zero-order valence-corrected chi connectivity index (χ0v) is 11.4. The minimum absolute atomic E-state index is 0.306. The van der Waals surface area contributed by atoms with Gasteiger partial charge in [-0.25, -0.2) is 0 Å². The van der Waals surface area contributed by atoms with Gasteiger partial charge in [0, 0.05) is 18.6 Å². The summed E-state index contributed by atoms with van der Waals surface area (Å²) in [5, 5.41) is 12.9. The Morgan fingerprint density at radius 2 is 1.82 bits per heavy atom. The van der Waals surface area contributed by atoms with Crippen LogP contribution in [0.15, 0.2) is 0 Å². The molecule has 0 aromatic carbocycles. The largest absolute Gasteiger partial charge is 0.301 e. The summed E-state index contributed by atoms with van der Waals surface area (Å²) >= 11 is 0. The Bertz CT molecular complexity index is 295. The van der Waals surface area contributed by atoms with Crippen LogP contribution in [0.3, 0.4) is 0 Å². The minimum Gasteiger partial charge on any atom is -0.301 e. The molecule has 0 aromatic heterocycles. The number of rotatable bonds is 4. The lowest BCUT2D eigenvalue weighted by atomic mass is 9.90.